The van der Waals surface area contributed by atoms with Crippen LogP contribution in [0.3, 0.4) is 0 Å². The number of hydrogen-bond donors (Lipinski definition) is 0. The van der Waals surface area contributed by atoms with E-state index in [0.29, 0.717) is 25.7 Å². The van der Waals surface area contributed by atoms with Crippen LogP contribution in [-0.2, 0) is 16.0 Å². The van der Waals surface area contributed by atoms with Crippen molar-refractivity contribution in [1.29, 1.82) is 0 Å². The molecule has 1 saturated heterocycles. The Hall–Kier alpha value is -0.940. The number of hydrogen-bond acceptors (Lipinski definition) is 4. The minimum absolute atomic E-state index is 0.125. The van der Waals surface area contributed by atoms with Crippen LogP contribution < -0.4 is 0 Å². The van der Waals surface area contributed by atoms with Gasteiger partial charge in [0.15, 0.2) is 0 Å². The van der Waals surface area contributed by atoms with Crippen LogP contribution >= 0.6 is 0 Å². The van der Waals surface area contributed by atoms with Crippen molar-refractivity contribution < 1.29 is 9.47 Å². The molecule has 1 aromatic heterocycles. The third-order valence-corrected chi connectivity index (χ3v) is 3.79. The highest BCUT2D eigenvalue weighted by Crippen LogP contribution is 2.33. The minimum atomic E-state index is 0.125. The second-order valence-corrected chi connectivity index (χ2v) is 5.25. The molecule has 1 aliphatic carbocycles. The first kappa shape index (κ1) is 12.1. The molecule has 0 aromatic carbocycles. The molecule has 0 bridgehead atoms. The normalized spacial score (nSPS) is 25.7. The van der Waals surface area contributed by atoms with E-state index in [1.54, 1.807) is 0 Å². The summed E-state index contributed by atoms with van der Waals surface area (Å²) in [4.78, 5) is 4.61. The molecule has 18 heavy (non-hydrogen) atoms. The van der Waals surface area contributed by atoms with E-state index in [9.17, 15) is 0 Å². The molecule has 2 fully saturated rings. The smallest absolute Gasteiger partial charge is 0.147 e. The summed E-state index contributed by atoms with van der Waals surface area (Å²) in [7, 11) is 0. The predicted octanol–water partition coefficient (Wildman–Crippen LogP) is 1.66. The standard InChI is InChI=1S/C13H21N3O2/c1-10-14-13(11-4-2-3-5-11)16(15-10)8-12-9-17-6-7-18-12/h11-12H,2-9H2,1H3. The Labute approximate surface area is 107 Å². The van der Waals surface area contributed by atoms with E-state index in [1.807, 2.05) is 11.6 Å². The summed E-state index contributed by atoms with van der Waals surface area (Å²) in [5, 5.41) is 4.52. The van der Waals surface area contributed by atoms with Crippen LogP contribution in [0.4, 0.5) is 0 Å². The van der Waals surface area contributed by atoms with Gasteiger partial charge in [-0.3, -0.25) is 0 Å². The van der Waals surface area contributed by atoms with Gasteiger partial charge in [-0.05, 0) is 19.8 Å². The molecule has 1 unspecified atom stereocenters. The van der Waals surface area contributed by atoms with Crippen molar-refractivity contribution >= 4 is 0 Å². The largest absolute Gasteiger partial charge is 0.376 e. The van der Waals surface area contributed by atoms with Gasteiger partial charge >= 0.3 is 0 Å². The van der Waals surface area contributed by atoms with Gasteiger partial charge in [0, 0.05) is 5.92 Å². The van der Waals surface area contributed by atoms with Gasteiger partial charge in [-0.15, -0.1) is 0 Å². The zero-order chi connectivity index (χ0) is 12.4. The summed E-state index contributed by atoms with van der Waals surface area (Å²) in [6, 6.07) is 0. The monoisotopic (exact) mass is 251 g/mol. The Bertz CT molecular complexity index is 393. The van der Waals surface area contributed by atoms with E-state index < -0.39 is 0 Å². The molecule has 3 rings (SSSR count). The molecular formula is C13H21N3O2. The fourth-order valence-electron chi connectivity index (χ4n) is 2.93. The van der Waals surface area contributed by atoms with E-state index in [0.717, 1.165) is 18.2 Å². The molecule has 5 heteroatoms. The molecule has 1 atom stereocenters. The highest BCUT2D eigenvalue weighted by molar-refractivity contribution is 5.02. The first-order valence-corrected chi connectivity index (χ1v) is 6.93. The van der Waals surface area contributed by atoms with Crippen molar-refractivity contribution in [3.05, 3.63) is 11.6 Å². The lowest BCUT2D eigenvalue weighted by atomic mass is 10.1. The van der Waals surface area contributed by atoms with Crippen molar-refractivity contribution in [3.63, 3.8) is 0 Å². The zero-order valence-electron chi connectivity index (χ0n) is 11.0. The summed E-state index contributed by atoms with van der Waals surface area (Å²) < 4.78 is 13.2. The van der Waals surface area contributed by atoms with E-state index >= 15 is 0 Å². The second kappa shape index (κ2) is 5.36. The van der Waals surface area contributed by atoms with Gasteiger partial charge in [-0.1, -0.05) is 12.8 Å². The summed E-state index contributed by atoms with van der Waals surface area (Å²) in [6.45, 7) is 4.81. The first-order valence-electron chi connectivity index (χ1n) is 6.93. The van der Waals surface area contributed by atoms with Crippen molar-refractivity contribution in [3.8, 4) is 0 Å². The van der Waals surface area contributed by atoms with Gasteiger partial charge < -0.3 is 9.47 Å². The van der Waals surface area contributed by atoms with Crippen LogP contribution in [0.25, 0.3) is 0 Å². The van der Waals surface area contributed by atoms with Gasteiger partial charge in [0.1, 0.15) is 17.8 Å². The van der Waals surface area contributed by atoms with Gasteiger partial charge in [0.05, 0.1) is 26.4 Å². The molecule has 0 N–H and O–H groups in total. The lowest BCUT2D eigenvalue weighted by Gasteiger charge is -2.23. The lowest BCUT2D eigenvalue weighted by Crippen LogP contribution is -2.33. The molecule has 1 saturated carbocycles. The predicted molar refractivity (Wildman–Crippen MR) is 66.5 cm³/mol. The van der Waals surface area contributed by atoms with Crippen LogP contribution in [-0.4, -0.2) is 40.7 Å². The fraction of sp³-hybridized carbons (Fsp3) is 0.846. The molecule has 5 nitrogen and oxygen atoms in total. The lowest BCUT2D eigenvalue weighted by molar-refractivity contribution is -0.0949. The number of nitrogens with zero attached hydrogens (tertiary/aromatic N) is 3. The fourth-order valence-corrected chi connectivity index (χ4v) is 2.93. The van der Waals surface area contributed by atoms with Crippen molar-refractivity contribution in [2.24, 2.45) is 0 Å². The van der Waals surface area contributed by atoms with E-state index in [4.69, 9.17) is 9.47 Å². The van der Waals surface area contributed by atoms with Crippen LogP contribution in [0, 0.1) is 6.92 Å². The van der Waals surface area contributed by atoms with E-state index in [-0.39, 0.29) is 6.10 Å². The molecule has 0 spiro atoms. The maximum absolute atomic E-state index is 5.70. The Balaban J connectivity index is 1.73. The summed E-state index contributed by atoms with van der Waals surface area (Å²) in [6.07, 6.45) is 5.26. The van der Waals surface area contributed by atoms with Crippen molar-refractivity contribution in [1.82, 2.24) is 14.8 Å². The molecule has 2 heterocycles. The van der Waals surface area contributed by atoms with Gasteiger partial charge in [0.25, 0.3) is 0 Å². The summed E-state index contributed by atoms with van der Waals surface area (Å²) in [5.74, 6) is 2.61. The Kier molecular flexibility index (Phi) is 3.61. The van der Waals surface area contributed by atoms with E-state index in [1.165, 1.54) is 25.7 Å². The SMILES string of the molecule is Cc1nc(C2CCCC2)n(CC2COCCO2)n1. The highest BCUT2D eigenvalue weighted by Gasteiger charge is 2.25. The van der Waals surface area contributed by atoms with E-state index in [2.05, 4.69) is 10.1 Å². The zero-order valence-corrected chi connectivity index (χ0v) is 11.0. The van der Waals surface area contributed by atoms with Crippen LogP contribution in [0.5, 0.6) is 0 Å². The molecule has 1 aromatic rings. The summed E-state index contributed by atoms with van der Waals surface area (Å²) >= 11 is 0. The molecule has 0 radical (unpaired) electrons. The number of rotatable bonds is 3. The maximum atomic E-state index is 5.70. The second-order valence-electron chi connectivity index (χ2n) is 5.25. The topological polar surface area (TPSA) is 49.2 Å². The molecular weight excluding hydrogens is 230 g/mol. The molecule has 2 aliphatic rings. The first-order chi connectivity index (χ1) is 8.83. The molecule has 1 aliphatic heterocycles. The Morgan fingerprint density at radius 2 is 2.11 bits per heavy atom. The van der Waals surface area contributed by atoms with Gasteiger partial charge in [-0.25, -0.2) is 9.67 Å². The van der Waals surface area contributed by atoms with Crippen LogP contribution in [0.2, 0.25) is 0 Å². The molecule has 0 amide bonds. The van der Waals surface area contributed by atoms with Crippen molar-refractivity contribution in [2.45, 2.75) is 51.2 Å². The molecule has 100 valence electrons. The third-order valence-electron chi connectivity index (χ3n) is 3.79. The quantitative estimate of drug-likeness (QED) is 0.819. The van der Waals surface area contributed by atoms with Crippen molar-refractivity contribution in [2.75, 3.05) is 19.8 Å². The van der Waals surface area contributed by atoms with Gasteiger partial charge in [0.2, 0.25) is 0 Å². The van der Waals surface area contributed by atoms with Crippen LogP contribution in [0.1, 0.15) is 43.3 Å². The summed E-state index contributed by atoms with van der Waals surface area (Å²) in [5.41, 5.74) is 0. The average molecular weight is 251 g/mol. The average Bonchev–Trinajstić information content (AvgIpc) is 3.00. The van der Waals surface area contributed by atoms with Gasteiger partial charge in [-0.2, -0.15) is 5.10 Å². The number of aromatic nitrogens is 3. The third kappa shape index (κ3) is 2.57. The minimum Gasteiger partial charge on any atom is -0.376 e. The number of ether oxygens (including phenoxy) is 2. The Morgan fingerprint density at radius 1 is 1.28 bits per heavy atom. The number of aryl methyl sites for hydroxylation is 1. The highest BCUT2D eigenvalue weighted by atomic mass is 16.6. The maximum Gasteiger partial charge on any atom is 0.147 e. The Morgan fingerprint density at radius 3 is 2.83 bits per heavy atom. The van der Waals surface area contributed by atoms with Crippen LogP contribution in [0.15, 0.2) is 0 Å².